The van der Waals surface area contributed by atoms with Gasteiger partial charge < -0.3 is 4.74 Å². The molecule has 0 fully saturated rings. The van der Waals surface area contributed by atoms with E-state index in [9.17, 15) is 4.79 Å². The van der Waals surface area contributed by atoms with Crippen molar-refractivity contribution in [2.45, 2.75) is 39.0 Å². The standard InChI is InChI=1S/C16H21BrO2/c1-2-19-16(18)13-7-5-3-4-6-10-14-11-8-9-12-15(14)17/h6,8-12H,2-5,7,13H2,1H3/b10-6+. The van der Waals surface area contributed by atoms with Crippen LogP contribution in [0.4, 0.5) is 0 Å². The summed E-state index contributed by atoms with van der Waals surface area (Å²) in [5.74, 6) is -0.0775. The predicted molar refractivity (Wildman–Crippen MR) is 82.9 cm³/mol. The third kappa shape index (κ3) is 7.16. The highest BCUT2D eigenvalue weighted by atomic mass is 79.9. The number of hydrogen-bond acceptors (Lipinski definition) is 2. The summed E-state index contributed by atoms with van der Waals surface area (Å²) in [6.07, 6.45) is 9.01. The molecule has 0 unspecified atom stereocenters. The van der Waals surface area contributed by atoms with E-state index in [2.05, 4.69) is 34.1 Å². The summed E-state index contributed by atoms with van der Waals surface area (Å²) in [6, 6.07) is 8.17. The fourth-order valence-electron chi connectivity index (χ4n) is 1.76. The first-order valence-corrected chi connectivity index (χ1v) is 7.60. The number of carbonyl (C=O) groups is 1. The van der Waals surface area contributed by atoms with Gasteiger partial charge >= 0.3 is 5.97 Å². The molecule has 104 valence electrons. The molecule has 0 aliphatic rings. The highest BCUT2D eigenvalue weighted by Gasteiger charge is 1.99. The van der Waals surface area contributed by atoms with E-state index in [1.165, 1.54) is 5.56 Å². The van der Waals surface area contributed by atoms with E-state index in [1.807, 2.05) is 25.1 Å². The Morgan fingerprint density at radius 3 is 2.79 bits per heavy atom. The molecule has 0 atom stereocenters. The van der Waals surface area contributed by atoms with Gasteiger partial charge in [0, 0.05) is 10.9 Å². The Bertz CT molecular complexity index is 413. The lowest BCUT2D eigenvalue weighted by molar-refractivity contribution is -0.143. The second-order valence-corrected chi connectivity index (χ2v) is 5.18. The minimum absolute atomic E-state index is 0.0775. The Labute approximate surface area is 124 Å². The smallest absolute Gasteiger partial charge is 0.305 e. The van der Waals surface area contributed by atoms with Gasteiger partial charge in [-0.25, -0.2) is 0 Å². The molecule has 0 spiro atoms. The fourth-order valence-corrected chi connectivity index (χ4v) is 2.18. The molecule has 0 N–H and O–H groups in total. The third-order valence-electron chi connectivity index (χ3n) is 2.76. The van der Waals surface area contributed by atoms with Crippen molar-refractivity contribution in [1.29, 1.82) is 0 Å². The number of ether oxygens (including phenoxy) is 1. The maximum absolute atomic E-state index is 11.1. The summed E-state index contributed by atoms with van der Waals surface area (Å²) >= 11 is 3.52. The lowest BCUT2D eigenvalue weighted by Gasteiger charge is -2.01. The molecule has 1 aromatic carbocycles. The molecule has 19 heavy (non-hydrogen) atoms. The van der Waals surface area contributed by atoms with Gasteiger partial charge in [-0.1, -0.05) is 52.7 Å². The Hall–Kier alpha value is -1.09. The maximum atomic E-state index is 11.1. The third-order valence-corrected chi connectivity index (χ3v) is 3.48. The fraction of sp³-hybridized carbons (Fsp3) is 0.438. The average Bonchev–Trinajstić information content (AvgIpc) is 2.40. The van der Waals surface area contributed by atoms with E-state index in [-0.39, 0.29) is 5.97 Å². The number of hydrogen-bond donors (Lipinski definition) is 0. The summed E-state index contributed by atoms with van der Waals surface area (Å²) in [4.78, 5) is 11.1. The van der Waals surface area contributed by atoms with Gasteiger partial charge in [0.1, 0.15) is 0 Å². The largest absolute Gasteiger partial charge is 0.466 e. The van der Waals surface area contributed by atoms with E-state index >= 15 is 0 Å². The van der Waals surface area contributed by atoms with Gasteiger partial charge in [0.05, 0.1) is 6.61 Å². The van der Waals surface area contributed by atoms with Gasteiger partial charge in [-0.05, 0) is 37.8 Å². The zero-order valence-electron chi connectivity index (χ0n) is 11.4. The van der Waals surface area contributed by atoms with E-state index in [0.717, 1.165) is 30.2 Å². The van der Waals surface area contributed by atoms with Crippen molar-refractivity contribution in [3.05, 3.63) is 40.4 Å². The molecule has 2 nitrogen and oxygen atoms in total. The molecule has 0 radical (unpaired) electrons. The van der Waals surface area contributed by atoms with Gasteiger partial charge in [-0.3, -0.25) is 4.79 Å². The Morgan fingerprint density at radius 2 is 2.05 bits per heavy atom. The molecular weight excluding hydrogens is 304 g/mol. The number of esters is 1. The van der Waals surface area contributed by atoms with Gasteiger partial charge in [-0.2, -0.15) is 0 Å². The number of halogens is 1. The number of unbranched alkanes of at least 4 members (excludes halogenated alkanes) is 3. The first-order chi connectivity index (χ1) is 9.24. The Morgan fingerprint density at radius 1 is 1.26 bits per heavy atom. The van der Waals surface area contributed by atoms with E-state index < -0.39 is 0 Å². The minimum atomic E-state index is -0.0775. The monoisotopic (exact) mass is 324 g/mol. The topological polar surface area (TPSA) is 26.3 Å². The number of carbonyl (C=O) groups excluding carboxylic acids is 1. The number of allylic oxidation sites excluding steroid dienone is 1. The zero-order valence-corrected chi connectivity index (χ0v) is 13.0. The van der Waals surface area contributed by atoms with Crippen molar-refractivity contribution in [3.63, 3.8) is 0 Å². The van der Waals surface area contributed by atoms with Crippen LogP contribution < -0.4 is 0 Å². The van der Waals surface area contributed by atoms with Crippen molar-refractivity contribution < 1.29 is 9.53 Å². The molecule has 0 heterocycles. The Kier molecular flexibility index (Phi) is 8.23. The van der Waals surface area contributed by atoms with Crippen LogP contribution in [-0.2, 0) is 9.53 Å². The molecule has 0 aliphatic carbocycles. The van der Waals surface area contributed by atoms with E-state index in [0.29, 0.717) is 13.0 Å². The van der Waals surface area contributed by atoms with Gasteiger partial charge in [-0.15, -0.1) is 0 Å². The highest BCUT2D eigenvalue weighted by Crippen LogP contribution is 2.17. The van der Waals surface area contributed by atoms with Crippen LogP contribution in [0.15, 0.2) is 34.8 Å². The van der Waals surface area contributed by atoms with Crippen LogP contribution in [0.1, 0.15) is 44.6 Å². The quantitative estimate of drug-likeness (QED) is 0.498. The van der Waals surface area contributed by atoms with Gasteiger partial charge in [0.15, 0.2) is 0 Å². The van der Waals surface area contributed by atoms with Crippen molar-refractivity contribution in [2.75, 3.05) is 6.61 Å². The molecular formula is C16H21BrO2. The summed E-state index contributed by atoms with van der Waals surface area (Å²) < 4.78 is 6.00. The zero-order chi connectivity index (χ0) is 13.9. The normalized spacial score (nSPS) is 10.8. The average molecular weight is 325 g/mol. The van der Waals surface area contributed by atoms with Crippen LogP contribution in [-0.4, -0.2) is 12.6 Å². The first-order valence-electron chi connectivity index (χ1n) is 6.80. The van der Waals surface area contributed by atoms with Crippen molar-refractivity contribution in [3.8, 4) is 0 Å². The molecule has 3 heteroatoms. The van der Waals surface area contributed by atoms with E-state index in [1.54, 1.807) is 0 Å². The summed E-state index contributed by atoms with van der Waals surface area (Å²) in [5, 5.41) is 0. The van der Waals surface area contributed by atoms with Crippen LogP contribution >= 0.6 is 15.9 Å². The van der Waals surface area contributed by atoms with Crippen molar-refractivity contribution in [2.24, 2.45) is 0 Å². The SMILES string of the molecule is CCOC(=O)CCCCC/C=C/c1ccccc1Br. The minimum Gasteiger partial charge on any atom is -0.466 e. The summed E-state index contributed by atoms with van der Waals surface area (Å²) in [7, 11) is 0. The van der Waals surface area contributed by atoms with E-state index in [4.69, 9.17) is 4.74 Å². The second kappa shape index (κ2) is 9.79. The molecule has 0 saturated carbocycles. The molecule has 1 rings (SSSR count). The highest BCUT2D eigenvalue weighted by molar-refractivity contribution is 9.10. The molecule has 0 amide bonds. The van der Waals surface area contributed by atoms with Gasteiger partial charge in [0.25, 0.3) is 0 Å². The lowest BCUT2D eigenvalue weighted by Crippen LogP contribution is -2.02. The molecule has 1 aromatic rings. The van der Waals surface area contributed by atoms with Crippen LogP contribution in [0, 0.1) is 0 Å². The maximum Gasteiger partial charge on any atom is 0.305 e. The molecule has 0 bridgehead atoms. The Balaban J connectivity index is 2.11. The van der Waals surface area contributed by atoms with Crippen LogP contribution in [0.5, 0.6) is 0 Å². The molecule has 0 saturated heterocycles. The lowest BCUT2D eigenvalue weighted by atomic mass is 10.1. The van der Waals surface area contributed by atoms with Crippen LogP contribution in [0.3, 0.4) is 0 Å². The van der Waals surface area contributed by atoms with Crippen LogP contribution in [0.2, 0.25) is 0 Å². The predicted octanol–water partition coefficient (Wildman–Crippen LogP) is 4.98. The second-order valence-electron chi connectivity index (χ2n) is 4.33. The van der Waals surface area contributed by atoms with Gasteiger partial charge in [0.2, 0.25) is 0 Å². The number of rotatable bonds is 8. The molecule has 0 aliphatic heterocycles. The summed E-state index contributed by atoms with van der Waals surface area (Å²) in [6.45, 7) is 2.32. The van der Waals surface area contributed by atoms with Crippen molar-refractivity contribution >= 4 is 28.0 Å². The summed E-state index contributed by atoms with van der Waals surface area (Å²) in [5.41, 5.74) is 1.20. The first kappa shape index (κ1) is 16.0. The van der Waals surface area contributed by atoms with Crippen molar-refractivity contribution in [1.82, 2.24) is 0 Å². The van der Waals surface area contributed by atoms with Crippen LogP contribution in [0.25, 0.3) is 6.08 Å². The number of benzene rings is 1. The molecule has 0 aromatic heterocycles.